The predicted octanol–water partition coefficient (Wildman–Crippen LogP) is 2.74. The van der Waals surface area contributed by atoms with Crippen LogP contribution in [0.4, 0.5) is 5.13 Å². The Morgan fingerprint density at radius 1 is 1.35 bits per heavy atom. The fraction of sp³-hybridized carbons (Fsp3) is 0.167. The van der Waals surface area contributed by atoms with Gasteiger partial charge in [-0.05, 0) is 12.1 Å². The highest BCUT2D eigenvalue weighted by atomic mass is 32.1. The first-order valence-corrected chi connectivity index (χ1v) is 6.20. The van der Waals surface area contributed by atoms with Crippen LogP contribution in [0.5, 0.6) is 0 Å². The number of aryl methyl sites for hydroxylation is 1. The second kappa shape index (κ2) is 3.85. The summed E-state index contributed by atoms with van der Waals surface area (Å²) >= 11 is 1.61. The number of fused-ring (bicyclic) bond motifs is 1. The molecule has 0 fully saturated rings. The summed E-state index contributed by atoms with van der Waals surface area (Å²) in [6, 6.07) is 6.23. The molecule has 1 N–H and O–H groups in total. The first-order valence-electron chi connectivity index (χ1n) is 5.32. The van der Waals surface area contributed by atoms with E-state index in [-0.39, 0.29) is 0 Å². The van der Waals surface area contributed by atoms with E-state index in [4.69, 9.17) is 0 Å². The smallest absolute Gasteiger partial charge is 0.182 e. The average molecular weight is 244 g/mol. The van der Waals surface area contributed by atoms with Gasteiger partial charge < -0.3 is 9.88 Å². The molecule has 4 nitrogen and oxygen atoms in total. The van der Waals surface area contributed by atoms with Crippen LogP contribution >= 0.6 is 11.3 Å². The Balaban J connectivity index is 2.11. The van der Waals surface area contributed by atoms with Crippen LogP contribution in [0.2, 0.25) is 0 Å². The van der Waals surface area contributed by atoms with E-state index >= 15 is 0 Å². The molecule has 2 heterocycles. The molecule has 0 unspecified atom stereocenters. The summed E-state index contributed by atoms with van der Waals surface area (Å²) in [5.41, 5.74) is 4.24. The van der Waals surface area contributed by atoms with Crippen LogP contribution in [0, 0.1) is 0 Å². The summed E-state index contributed by atoms with van der Waals surface area (Å²) in [5, 5.41) is 6.03. The first kappa shape index (κ1) is 10.3. The number of hydrogen-bond donors (Lipinski definition) is 1. The third-order valence-corrected chi connectivity index (χ3v) is 3.60. The lowest BCUT2D eigenvalue weighted by atomic mass is 10.1. The summed E-state index contributed by atoms with van der Waals surface area (Å²) in [6.07, 6.45) is 1.83. The zero-order valence-electron chi connectivity index (χ0n) is 9.64. The van der Waals surface area contributed by atoms with Crippen molar-refractivity contribution in [3.05, 3.63) is 29.9 Å². The van der Waals surface area contributed by atoms with Crippen LogP contribution in [0.1, 0.15) is 0 Å². The molecule has 0 atom stereocenters. The minimum Gasteiger partial charge on any atom is -0.365 e. The van der Waals surface area contributed by atoms with E-state index < -0.39 is 0 Å². The van der Waals surface area contributed by atoms with Crippen molar-refractivity contribution in [3.8, 4) is 11.3 Å². The Kier molecular flexibility index (Phi) is 2.33. The SMILES string of the molecule is CNc1nc(-c2ccc3c(c2)ncn3C)cs1. The van der Waals surface area contributed by atoms with Crippen LogP contribution in [0.3, 0.4) is 0 Å². The minimum absolute atomic E-state index is 0.932. The maximum Gasteiger partial charge on any atom is 0.182 e. The summed E-state index contributed by atoms with van der Waals surface area (Å²) in [6.45, 7) is 0. The van der Waals surface area contributed by atoms with Crippen LogP contribution in [-0.4, -0.2) is 21.6 Å². The third-order valence-electron chi connectivity index (χ3n) is 2.74. The van der Waals surface area contributed by atoms with Gasteiger partial charge in [0.25, 0.3) is 0 Å². The molecule has 3 rings (SSSR count). The van der Waals surface area contributed by atoms with Crippen molar-refractivity contribution < 1.29 is 0 Å². The van der Waals surface area contributed by atoms with Crippen molar-refractivity contribution in [1.29, 1.82) is 0 Å². The molecular weight excluding hydrogens is 232 g/mol. The number of aromatic nitrogens is 3. The van der Waals surface area contributed by atoms with Gasteiger partial charge in [0, 0.05) is 25.0 Å². The zero-order chi connectivity index (χ0) is 11.8. The second-order valence-corrected chi connectivity index (χ2v) is 4.70. The lowest BCUT2D eigenvalue weighted by Crippen LogP contribution is -1.86. The number of imidazole rings is 1. The van der Waals surface area contributed by atoms with Crippen LogP contribution < -0.4 is 5.32 Å². The van der Waals surface area contributed by atoms with Gasteiger partial charge in [-0.2, -0.15) is 0 Å². The predicted molar refractivity (Wildman–Crippen MR) is 71.4 cm³/mol. The summed E-state index contributed by atoms with van der Waals surface area (Å²) in [7, 11) is 3.88. The van der Waals surface area contributed by atoms with Gasteiger partial charge in [-0.15, -0.1) is 11.3 Å². The van der Waals surface area contributed by atoms with E-state index in [1.54, 1.807) is 11.3 Å². The highest BCUT2D eigenvalue weighted by Gasteiger charge is 2.06. The van der Waals surface area contributed by atoms with E-state index in [1.807, 2.05) is 25.0 Å². The Labute approximate surface area is 103 Å². The normalized spacial score (nSPS) is 10.9. The minimum atomic E-state index is 0.932. The number of rotatable bonds is 2. The lowest BCUT2D eigenvalue weighted by Gasteiger charge is -1.98. The Bertz CT molecular complexity index is 668. The van der Waals surface area contributed by atoms with Gasteiger partial charge in [0.15, 0.2) is 5.13 Å². The monoisotopic (exact) mass is 244 g/mol. The molecule has 5 heteroatoms. The van der Waals surface area contributed by atoms with Crippen molar-refractivity contribution >= 4 is 27.5 Å². The Hall–Kier alpha value is -1.88. The van der Waals surface area contributed by atoms with E-state index in [0.29, 0.717) is 0 Å². The van der Waals surface area contributed by atoms with Crippen molar-refractivity contribution in [2.24, 2.45) is 7.05 Å². The zero-order valence-corrected chi connectivity index (χ0v) is 10.5. The topological polar surface area (TPSA) is 42.7 Å². The number of hydrogen-bond acceptors (Lipinski definition) is 4. The number of anilines is 1. The molecule has 0 saturated carbocycles. The van der Waals surface area contributed by atoms with Gasteiger partial charge in [-0.1, -0.05) is 6.07 Å². The average Bonchev–Trinajstić information content (AvgIpc) is 2.96. The largest absolute Gasteiger partial charge is 0.365 e. The summed E-state index contributed by atoms with van der Waals surface area (Å²) in [5.74, 6) is 0. The second-order valence-electron chi connectivity index (χ2n) is 3.85. The van der Waals surface area contributed by atoms with Crippen molar-refractivity contribution in [1.82, 2.24) is 14.5 Å². The summed E-state index contributed by atoms with van der Waals surface area (Å²) < 4.78 is 2.01. The van der Waals surface area contributed by atoms with E-state index in [2.05, 4.69) is 38.9 Å². The van der Waals surface area contributed by atoms with E-state index in [1.165, 1.54) is 0 Å². The molecule has 0 saturated heterocycles. The molecule has 0 aliphatic heterocycles. The van der Waals surface area contributed by atoms with Gasteiger partial charge >= 0.3 is 0 Å². The number of thiazole rings is 1. The molecule has 0 amide bonds. The highest BCUT2D eigenvalue weighted by molar-refractivity contribution is 7.14. The molecule has 0 aliphatic rings. The Morgan fingerprint density at radius 3 is 3.00 bits per heavy atom. The van der Waals surface area contributed by atoms with Gasteiger partial charge in [0.05, 0.1) is 23.1 Å². The number of nitrogens with one attached hydrogen (secondary N) is 1. The van der Waals surface area contributed by atoms with Crippen molar-refractivity contribution in [2.45, 2.75) is 0 Å². The molecule has 17 heavy (non-hydrogen) atoms. The quantitative estimate of drug-likeness (QED) is 0.753. The molecule has 0 spiro atoms. The van der Waals surface area contributed by atoms with Gasteiger partial charge in [0.1, 0.15) is 0 Å². The van der Waals surface area contributed by atoms with Crippen LogP contribution in [-0.2, 0) is 7.05 Å². The molecule has 3 aromatic rings. The fourth-order valence-electron chi connectivity index (χ4n) is 1.82. The highest BCUT2D eigenvalue weighted by Crippen LogP contribution is 2.26. The van der Waals surface area contributed by atoms with Gasteiger partial charge in [-0.3, -0.25) is 0 Å². The number of benzene rings is 1. The molecule has 2 aromatic heterocycles. The molecule has 0 aliphatic carbocycles. The summed E-state index contributed by atoms with van der Waals surface area (Å²) in [4.78, 5) is 8.84. The molecule has 0 radical (unpaired) electrons. The lowest BCUT2D eigenvalue weighted by molar-refractivity contribution is 0.948. The maximum absolute atomic E-state index is 4.49. The standard InChI is InChI=1S/C12H12N4S/c1-13-12-15-10(6-17-12)8-3-4-11-9(5-8)14-7-16(11)2/h3-7H,1-2H3,(H,13,15). The fourth-order valence-corrected chi connectivity index (χ4v) is 2.50. The van der Waals surface area contributed by atoms with Crippen molar-refractivity contribution in [2.75, 3.05) is 12.4 Å². The van der Waals surface area contributed by atoms with Gasteiger partial charge in [0.2, 0.25) is 0 Å². The molecule has 1 aromatic carbocycles. The third kappa shape index (κ3) is 1.68. The van der Waals surface area contributed by atoms with Crippen molar-refractivity contribution in [3.63, 3.8) is 0 Å². The van der Waals surface area contributed by atoms with Crippen LogP contribution in [0.25, 0.3) is 22.3 Å². The molecule has 86 valence electrons. The van der Waals surface area contributed by atoms with Crippen LogP contribution in [0.15, 0.2) is 29.9 Å². The molecule has 0 bridgehead atoms. The van der Waals surface area contributed by atoms with E-state index in [0.717, 1.165) is 27.4 Å². The maximum atomic E-state index is 4.49. The molecular formula is C12H12N4S. The van der Waals surface area contributed by atoms with Gasteiger partial charge in [-0.25, -0.2) is 9.97 Å². The van der Waals surface area contributed by atoms with E-state index in [9.17, 15) is 0 Å². The first-order chi connectivity index (χ1) is 8.28. The number of nitrogens with zero attached hydrogens (tertiary/aromatic N) is 3. The Morgan fingerprint density at radius 2 is 2.24 bits per heavy atom.